The van der Waals surface area contributed by atoms with Gasteiger partial charge in [0.15, 0.2) is 5.60 Å². The first-order valence-electron chi connectivity index (χ1n) is 11.4. The number of amides is 1. The SMILES string of the molecule is CCOc1ccccc1N1C(=O)OC2(CCCC(Cn3cnc4ccc(C#N)cc43)C2F)C1F. The number of anilines is 1. The lowest BCUT2D eigenvalue weighted by atomic mass is 9.75. The van der Waals surface area contributed by atoms with Crippen LogP contribution in [0.3, 0.4) is 0 Å². The smallest absolute Gasteiger partial charge is 0.417 e. The summed E-state index contributed by atoms with van der Waals surface area (Å²) in [5, 5.41) is 9.21. The molecule has 7 nitrogen and oxygen atoms in total. The van der Waals surface area contributed by atoms with E-state index in [2.05, 4.69) is 11.1 Å². The molecule has 34 heavy (non-hydrogen) atoms. The number of para-hydroxylation sites is 2. The second kappa shape index (κ2) is 8.60. The second-order valence-electron chi connectivity index (χ2n) is 8.70. The number of fused-ring (bicyclic) bond motifs is 1. The van der Waals surface area contributed by atoms with Gasteiger partial charge in [-0.1, -0.05) is 12.1 Å². The van der Waals surface area contributed by atoms with Crippen molar-refractivity contribution in [2.75, 3.05) is 11.5 Å². The molecule has 5 rings (SSSR count). The minimum atomic E-state index is -2.00. The molecule has 9 heteroatoms. The summed E-state index contributed by atoms with van der Waals surface area (Å²) in [5.41, 5.74) is 0.196. The molecular formula is C25H24F2N4O3. The van der Waals surface area contributed by atoms with E-state index in [1.807, 2.05) is 0 Å². The Hall–Kier alpha value is -3.67. The number of nitriles is 1. The Balaban J connectivity index is 1.44. The lowest BCUT2D eigenvalue weighted by Crippen LogP contribution is -2.55. The van der Waals surface area contributed by atoms with E-state index in [0.717, 1.165) is 4.90 Å². The minimum absolute atomic E-state index is 0.0914. The van der Waals surface area contributed by atoms with E-state index in [1.165, 1.54) is 0 Å². The number of carbonyl (C=O) groups is 1. The molecule has 4 unspecified atom stereocenters. The molecule has 0 N–H and O–H groups in total. The predicted octanol–water partition coefficient (Wildman–Crippen LogP) is 5.14. The third-order valence-electron chi connectivity index (χ3n) is 6.73. The Kier molecular flexibility index (Phi) is 5.60. The van der Waals surface area contributed by atoms with Crippen LogP contribution in [0.1, 0.15) is 31.7 Å². The molecule has 1 aliphatic carbocycles. The number of carbonyl (C=O) groups excluding carboxylic acids is 1. The van der Waals surface area contributed by atoms with Crippen LogP contribution in [0.25, 0.3) is 11.0 Å². The van der Waals surface area contributed by atoms with Gasteiger partial charge in [-0.3, -0.25) is 0 Å². The van der Waals surface area contributed by atoms with E-state index >= 15 is 8.78 Å². The lowest BCUT2D eigenvalue weighted by Gasteiger charge is -2.40. The first-order valence-corrected chi connectivity index (χ1v) is 11.4. The van der Waals surface area contributed by atoms with Crippen molar-refractivity contribution >= 4 is 22.8 Å². The Morgan fingerprint density at radius 3 is 2.91 bits per heavy atom. The van der Waals surface area contributed by atoms with Crippen LogP contribution in [0.4, 0.5) is 19.3 Å². The highest BCUT2D eigenvalue weighted by molar-refractivity contribution is 5.93. The fourth-order valence-corrected chi connectivity index (χ4v) is 5.12. The highest BCUT2D eigenvalue weighted by Crippen LogP contribution is 2.49. The standard InChI is InChI=1S/C25H24F2N4O3/c1-2-33-21-8-4-3-7-19(21)31-23(27)25(34-24(31)32)11-5-6-17(22(25)26)14-30-15-29-18-10-9-16(13-28)12-20(18)30/h3-4,7-10,12,15,17,22-23H,2,5-6,11,14H2,1H3. The van der Waals surface area contributed by atoms with Gasteiger partial charge in [0, 0.05) is 12.5 Å². The van der Waals surface area contributed by atoms with Crippen LogP contribution < -0.4 is 9.64 Å². The quantitative estimate of drug-likeness (QED) is 0.487. The van der Waals surface area contributed by atoms with Crippen LogP contribution in [0, 0.1) is 17.2 Å². The molecule has 1 saturated carbocycles. The van der Waals surface area contributed by atoms with Gasteiger partial charge in [0.1, 0.15) is 11.9 Å². The second-order valence-corrected chi connectivity index (χ2v) is 8.70. The highest BCUT2D eigenvalue weighted by Gasteiger charge is 2.63. The molecule has 2 aliphatic rings. The number of ether oxygens (including phenoxy) is 2. The van der Waals surface area contributed by atoms with Crippen molar-refractivity contribution in [2.45, 2.75) is 50.8 Å². The molecular weight excluding hydrogens is 442 g/mol. The van der Waals surface area contributed by atoms with E-state index in [9.17, 15) is 10.1 Å². The molecule has 1 spiro atoms. The number of rotatable bonds is 5. The van der Waals surface area contributed by atoms with E-state index in [4.69, 9.17) is 9.47 Å². The Morgan fingerprint density at radius 2 is 2.12 bits per heavy atom. The van der Waals surface area contributed by atoms with Crippen LogP contribution >= 0.6 is 0 Å². The van der Waals surface area contributed by atoms with E-state index in [0.29, 0.717) is 41.8 Å². The average molecular weight is 466 g/mol. The molecule has 1 saturated heterocycles. The predicted molar refractivity (Wildman–Crippen MR) is 121 cm³/mol. The monoisotopic (exact) mass is 466 g/mol. The van der Waals surface area contributed by atoms with Gasteiger partial charge in [-0.25, -0.2) is 23.5 Å². The number of benzene rings is 2. The van der Waals surface area contributed by atoms with E-state index in [1.54, 1.807) is 60.3 Å². The van der Waals surface area contributed by atoms with Crippen LogP contribution in [-0.2, 0) is 11.3 Å². The maximum atomic E-state index is 16.0. The van der Waals surface area contributed by atoms with E-state index < -0.39 is 30.1 Å². The Bertz CT molecular complexity index is 1270. The van der Waals surface area contributed by atoms with Gasteiger partial charge >= 0.3 is 6.09 Å². The molecule has 1 aliphatic heterocycles. The van der Waals surface area contributed by atoms with Crippen molar-refractivity contribution in [1.82, 2.24) is 9.55 Å². The van der Waals surface area contributed by atoms with Crippen LogP contribution in [0.2, 0.25) is 0 Å². The molecule has 2 heterocycles. The van der Waals surface area contributed by atoms with Gasteiger partial charge < -0.3 is 14.0 Å². The fraction of sp³-hybridized carbons (Fsp3) is 0.400. The van der Waals surface area contributed by atoms with Crippen LogP contribution in [0.15, 0.2) is 48.8 Å². The normalized spacial score (nSPS) is 26.6. The molecule has 2 fully saturated rings. The molecule has 0 bridgehead atoms. The zero-order valence-electron chi connectivity index (χ0n) is 18.7. The number of aromatic nitrogens is 2. The first kappa shape index (κ1) is 22.1. The number of hydrogen-bond acceptors (Lipinski definition) is 5. The Labute approximate surface area is 195 Å². The van der Waals surface area contributed by atoms with Crippen LogP contribution in [0.5, 0.6) is 5.75 Å². The van der Waals surface area contributed by atoms with Crippen molar-refractivity contribution in [3.63, 3.8) is 0 Å². The van der Waals surface area contributed by atoms with Crippen molar-refractivity contribution in [2.24, 2.45) is 5.92 Å². The lowest BCUT2D eigenvalue weighted by molar-refractivity contribution is -0.107. The zero-order chi connectivity index (χ0) is 23.9. The molecule has 1 amide bonds. The van der Waals surface area contributed by atoms with Crippen LogP contribution in [-0.4, -0.2) is 40.3 Å². The topological polar surface area (TPSA) is 80.4 Å². The van der Waals surface area contributed by atoms with Gasteiger partial charge in [0.25, 0.3) is 0 Å². The summed E-state index contributed by atoms with van der Waals surface area (Å²) in [6.45, 7) is 2.35. The van der Waals surface area contributed by atoms with Gasteiger partial charge in [0.05, 0.1) is 41.3 Å². The van der Waals surface area contributed by atoms with Crippen molar-refractivity contribution < 1.29 is 23.0 Å². The minimum Gasteiger partial charge on any atom is -0.492 e. The number of halogens is 2. The summed E-state index contributed by atoms with van der Waals surface area (Å²) in [6.07, 6.45) is -1.93. The average Bonchev–Trinajstić information content (AvgIpc) is 3.35. The summed E-state index contributed by atoms with van der Waals surface area (Å²) in [5.74, 6) is -0.257. The maximum absolute atomic E-state index is 16.0. The summed E-state index contributed by atoms with van der Waals surface area (Å²) < 4.78 is 44.8. The summed E-state index contributed by atoms with van der Waals surface area (Å²) in [7, 11) is 0. The van der Waals surface area contributed by atoms with Crippen molar-refractivity contribution in [3.8, 4) is 11.8 Å². The molecule has 2 aromatic carbocycles. The third kappa shape index (κ3) is 3.45. The number of imidazole rings is 1. The summed E-state index contributed by atoms with van der Waals surface area (Å²) in [6, 6.07) is 13.8. The zero-order valence-corrected chi connectivity index (χ0v) is 18.7. The largest absolute Gasteiger partial charge is 0.492 e. The molecule has 176 valence electrons. The van der Waals surface area contributed by atoms with Crippen molar-refractivity contribution in [3.05, 3.63) is 54.4 Å². The fourth-order valence-electron chi connectivity index (χ4n) is 5.12. The summed E-state index contributed by atoms with van der Waals surface area (Å²) in [4.78, 5) is 18.0. The molecule has 1 aromatic heterocycles. The van der Waals surface area contributed by atoms with Gasteiger partial charge in [-0.15, -0.1) is 0 Å². The van der Waals surface area contributed by atoms with E-state index in [-0.39, 0.29) is 18.7 Å². The molecule has 0 radical (unpaired) electrons. The summed E-state index contributed by atoms with van der Waals surface area (Å²) >= 11 is 0. The van der Waals surface area contributed by atoms with Gasteiger partial charge in [-0.2, -0.15) is 5.26 Å². The Morgan fingerprint density at radius 1 is 1.29 bits per heavy atom. The molecule has 3 aromatic rings. The molecule has 4 atom stereocenters. The highest BCUT2D eigenvalue weighted by atomic mass is 19.1. The number of alkyl halides is 2. The third-order valence-corrected chi connectivity index (χ3v) is 6.73. The van der Waals surface area contributed by atoms with Gasteiger partial charge in [-0.05, 0) is 56.5 Å². The first-order chi connectivity index (χ1) is 16.5. The number of hydrogen-bond donors (Lipinski definition) is 0. The van der Waals surface area contributed by atoms with Gasteiger partial charge in [0.2, 0.25) is 6.30 Å². The number of nitrogens with zero attached hydrogens (tertiary/aromatic N) is 4. The maximum Gasteiger partial charge on any atom is 0.417 e. The van der Waals surface area contributed by atoms with Crippen molar-refractivity contribution in [1.29, 1.82) is 5.26 Å².